The minimum atomic E-state index is -0.935. The highest BCUT2D eigenvalue weighted by Crippen LogP contribution is 2.26. The first-order valence-corrected chi connectivity index (χ1v) is 6.79. The standard InChI is InChI=1S/C18H19NO2/c1-13-4-8-16(9-5-13)19(3)17-10-6-15(14(2)12-17)7-11-18(20)21/h4-12H,1-3H3,(H,20,21). The molecule has 0 aliphatic heterocycles. The summed E-state index contributed by atoms with van der Waals surface area (Å²) in [5, 5.41) is 8.68. The van der Waals surface area contributed by atoms with Crippen LogP contribution in [0.25, 0.3) is 6.08 Å². The maximum atomic E-state index is 10.6. The number of aryl methyl sites for hydroxylation is 2. The number of benzene rings is 2. The van der Waals surface area contributed by atoms with E-state index in [9.17, 15) is 4.79 Å². The van der Waals surface area contributed by atoms with Gasteiger partial charge in [-0.2, -0.15) is 0 Å². The van der Waals surface area contributed by atoms with Crippen molar-refractivity contribution < 1.29 is 9.90 Å². The van der Waals surface area contributed by atoms with Crippen LogP contribution in [0.1, 0.15) is 16.7 Å². The Bertz CT molecular complexity index is 672. The van der Waals surface area contributed by atoms with E-state index in [0.717, 1.165) is 28.6 Å². The normalized spacial score (nSPS) is 10.8. The Morgan fingerprint density at radius 3 is 2.24 bits per heavy atom. The van der Waals surface area contributed by atoms with E-state index in [1.54, 1.807) is 6.08 Å². The van der Waals surface area contributed by atoms with E-state index in [1.807, 2.05) is 26.1 Å². The molecular weight excluding hydrogens is 262 g/mol. The fourth-order valence-electron chi connectivity index (χ4n) is 2.13. The van der Waals surface area contributed by atoms with E-state index in [1.165, 1.54) is 5.56 Å². The van der Waals surface area contributed by atoms with Gasteiger partial charge in [0, 0.05) is 24.5 Å². The molecule has 1 N–H and O–H groups in total. The van der Waals surface area contributed by atoms with Crippen LogP contribution in [0.5, 0.6) is 0 Å². The number of nitrogens with zero attached hydrogens (tertiary/aromatic N) is 1. The molecule has 0 saturated heterocycles. The van der Waals surface area contributed by atoms with Crippen LogP contribution in [0.3, 0.4) is 0 Å². The Kier molecular flexibility index (Phi) is 4.43. The fourth-order valence-corrected chi connectivity index (χ4v) is 2.13. The summed E-state index contributed by atoms with van der Waals surface area (Å²) in [5.74, 6) is -0.935. The van der Waals surface area contributed by atoms with Gasteiger partial charge in [0.05, 0.1) is 0 Å². The molecule has 0 bridgehead atoms. The monoisotopic (exact) mass is 281 g/mol. The lowest BCUT2D eigenvalue weighted by Gasteiger charge is -2.20. The average Bonchev–Trinajstić information content (AvgIpc) is 2.46. The Morgan fingerprint density at radius 2 is 1.67 bits per heavy atom. The molecule has 2 aromatic carbocycles. The van der Waals surface area contributed by atoms with Crippen LogP contribution >= 0.6 is 0 Å². The van der Waals surface area contributed by atoms with Gasteiger partial charge in [0.15, 0.2) is 0 Å². The lowest BCUT2D eigenvalue weighted by Crippen LogP contribution is -2.09. The minimum absolute atomic E-state index is 0.915. The zero-order valence-electron chi connectivity index (χ0n) is 12.5. The highest BCUT2D eigenvalue weighted by atomic mass is 16.4. The van der Waals surface area contributed by atoms with Crippen molar-refractivity contribution in [1.29, 1.82) is 0 Å². The van der Waals surface area contributed by atoms with Crippen LogP contribution in [-0.4, -0.2) is 18.1 Å². The molecule has 0 atom stereocenters. The molecule has 0 aromatic heterocycles. The van der Waals surface area contributed by atoms with Gasteiger partial charge in [-0.25, -0.2) is 4.79 Å². The number of carboxylic acid groups (broad SMARTS) is 1. The van der Waals surface area contributed by atoms with Gasteiger partial charge < -0.3 is 10.0 Å². The quantitative estimate of drug-likeness (QED) is 0.855. The lowest BCUT2D eigenvalue weighted by atomic mass is 10.1. The summed E-state index contributed by atoms with van der Waals surface area (Å²) < 4.78 is 0. The third-order valence-electron chi connectivity index (χ3n) is 3.47. The maximum absolute atomic E-state index is 10.6. The Labute approximate surface area is 125 Å². The maximum Gasteiger partial charge on any atom is 0.328 e. The molecule has 2 aromatic rings. The molecule has 0 fully saturated rings. The van der Waals surface area contributed by atoms with E-state index >= 15 is 0 Å². The predicted octanol–water partition coefficient (Wildman–Crippen LogP) is 4.17. The zero-order valence-corrected chi connectivity index (χ0v) is 12.5. The topological polar surface area (TPSA) is 40.5 Å². The molecule has 0 heterocycles. The van der Waals surface area contributed by atoms with Gasteiger partial charge in [-0.1, -0.05) is 23.8 Å². The molecule has 0 aliphatic carbocycles. The van der Waals surface area contributed by atoms with Crippen molar-refractivity contribution >= 4 is 23.4 Å². The van der Waals surface area contributed by atoms with Crippen molar-refractivity contribution in [1.82, 2.24) is 0 Å². The lowest BCUT2D eigenvalue weighted by molar-refractivity contribution is -0.131. The number of hydrogen-bond acceptors (Lipinski definition) is 2. The van der Waals surface area contributed by atoms with E-state index < -0.39 is 5.97 Å². The van der Waals surface area contributed by atoms with Gasteiger partial charge in [-0.05, 0) is 55.3 Å². The summed E-state index contributed by atoms with van der Waals surface area (Å²) in [7, 11) is 2.02. The smallest absolute Gasteiger partial charge is 0.328 e. The molecular formula is C18H19NO2. The molecule has 3 nitrogen and oxygen atoms in total. The molecule has 0 aliphatic rings. The summed E-state index contributed by atoms with van der Waals surface area (Å²) in [6.45, 7) is 4.05. The van der Waals surface area contributed by atoms with E-state index in [0.29, 0.717) is 0 Å². The summed E-state index contributed by atoms with van der Waals surface area (Å²) in [6.07, 6.45) is 2.78. The first-order valence-electron chi connectivity index (χ1n) is 6.79. The zero-order chi connectivity index (χ0) is 15.4. The molecule has 0 unspecified atom stereocenters. The summed E-state index contributed by atoms with van der Waals surface area (Å²) in [6, 6.07) is 14.3. The summed E-state index contributed by atoms with van der Waals surface area (Å²) in [4.78, 5) is 12.7. The van der Waals surface area contributed by atoms with Crippen LogP contribution < -0.4 is 4.90 Å². The summed E-state index contributed by atoms with van der Waals surface area (Å²) in [5.41, 5.74) is 5.39. The first-order chi connectivity index (χ1) is 9.97. The first kappa shape index (κ1) is 14.9. The number of carboxylic acids is 1. The van der Waals surface area contributed by atoms with Crippen LogP contribution in [0.15, 0.2) is 48.5 Å². The second-order valence-electron chi connectivity index (χ2n) is 5.11. The van der Waals surface area contributed by atoms with E-state index in [2.05, 4.69) is 42.2 Å². The molecule has 0 spiro atoms. The van der Waals surface area contributed by atoms with Gasteiger partial charge in [0.2, 0.25) is 0 Å². The van der Waals surface area contributed by atoms with Crippen molar-refractivity contribution in [2.24, 2.45) is 0 Å². The average molecular weight is 281 g/mol. The van der Waals surface area contributed by atoms with Crippen LogP contribution in [0.4, 0.5) is 11.4 Å². The molecule has 3 heteroatoms. The SMILES string of the molecule is Cc1ccc(N(C)c2ccc(C=CC(=O)O)c(C)c2)cc1. The number of carbonyl (C=O) groups is 1. The second-order valence-corrected chi connectivity index (χ2v) is 5.11. The van der Waals surface area contributed by atoms with Crippen LogP contribution in [0.2, 0.25) is 0 Å². The van der Waals surface area contributed by atoms with Gasteiger partial charge >= 0.3 is 5.97 Å². The van der Waals surface area contributed by atoms with Crippen molar-refractivity contribution in [3.8, 4) is 0 Å². The van der Waals surface area contributed by atoms with Crippen molar-refractivity contribution in [3.63, 3.8) is 0 Å². The molecule has 108 valence electrons. The summed E-state index contributed by atoms with van der Waals surface area (Å²) >= 11 is 0. The highest BCUT2D eigenvalue weighted by molar-refractivity contribution is 5.85. The molecule has 0 radical (unpaired) electrons. The number of aliphatic carboxylic acids is 1. The highest BCUT2D eigenvalue weighted by Gasteiger charge is 2.05. The largest absolute Gasteiger partial charge is 0.478 e. The van der Waals surface area contributed by atoms with Gasteiger partial charge in [0.25, 0.3) is 0 Å². The van der Waals surface area contributed by atoms with Gasteiger partial charge in [-0.15, -0.1) is 0 Å². The third kappa shape index (κ3) is 3.72. The van der Waals surface area contributed by atoms with Crippen molar-refractivity contribution in [3.05, 3.63) is 65.2 Å². The third-order valence-corrected chi connectivity index (χ3v) is 3.47. The van der Waals surface area contributed by atoms with E-state index in [-0.39, 0.29) is 0 Å². The number of rotatable bonds is 4. The second kappa shape index (κ2) is 6.27. The fraction of sp³-hybridized carbons (Fsp3) is 0.167. The molecule has 2 rings (SSSR count). The van der Waals surface area contributed by atoms with Gasteiger partial charge in [0.1, 0.15) is 0 Å². The van der Waals surface area contributed by atoms with Crippen molar-refractivity contribution in [2.75, 3.05) is 11.9 Å². The van der Waals surface area contributed by atoms with Gasteiger partial charge in [-0.3, -0.25) is 0 Å². The Hall–Kier alpha value is -2.55. The number of anilines is 2. The molecule has 21 heavy (non-hydrogen) atoms. The Balaban J connectivity index is 2.27. The number of hydrogen-bond donors (Lipinski definition) is 1. The Morgan fingerprint density at radius 1 is 1.05 bits per heavy atom. The van der Waals surface area contributed by atoms with E-state index in [4.69, 9.17) is 5.11 Å². The van der Waals surface area contributed by atoms with Crippen molar-refractivity contribution in [2.45, 2.75) is 13.8 Å². The molecule has 0 saturated carbocycles. The molecule has 0 amide bonds. The van der Waals surface area contributed by atoms with Crippen LogP contribution in [0, 0.1) is 13.8 Å². The predicted molar refractivity (Wildman–Crippen MR) is 87.1 cm³/mol. The van der Waals surface area contributed by atoms with Crippen LogP contribution in [-0.2, 0) is 4.79 Å². The minimum Gasteiger partial charge on any atom is -0.478 e.